The van der Waals surface area contributed by atoms with Crippen LogP contribution in [-0.2, 0) is 4.79 Å². The molecule has 0 aromatic carbocycles. The van der Waals surface area contributed by atoms with Crippen molar-refractivity contribution in [2.24, 2.45) is 11.5 Å². The number of carbonyl (C=O) groups is 1. The summed E-state index contributed by atoms with van der Waals surface area (Å²) in [6, 6.07) is 3.69. The lowest BCUT2D eigenvalue weighted by molar-refractivity contribution is -0.116. The van der Waals surface area contributed by atoms with Crippen LogP contribution in [0.2, 0.25) is 0 Å². The Kier molecular flexibility index (Phi) is 4.39. The lowest BCUT2D eigenvalue weighted by Gasteiger charge is -2.28. The molecule has 0 unspecified atom stereocenters. The molecule has 0 saturated heterocycles. The molecule has 1 amide bonds. The highest BCUT2D eigenvalue weighted by Crippen LogP contribution is 2.20. The third-order valence-corrected chi connectivity index (χ3v) is 2.47. The predicted molar refractivity (Wildman–Crippen MR) is 71.8 cm³/mol. The maximum atomic E-state index is 11.1. The van der Waals surface area contributed by atoms with Gasteiger partial charge in [0.15, 0.2) is 0 Å². The van der Waals surface area contributed by atoms with Crippen LogP contribution >= 0.6 is 12.2 Å². The number of pyridine rings is 1. The minimum atomic E-state index is -0.406. The van der Waals surface area contributed by atoms with E-state index < -0.39 is 5.91 Å². The second-order valence-corrected chi connectivity index (χ2v) is 4.36. The van der Waals surface area contributed by atoms with Crippen LogP contribution in [0.5, 0.6) is 0 Å². The number of primary amides is 1. The van der Waals surface area contributed by atoms with Gasteiger partial charge in [-0.1, -0.05) is 12.2 Å². The Bertz CT molecular complexity index is 433. The molecule has 4 N–H and O–H groups in total. The van der Waals surface area contributed by atoms with Crippen molar-refractivity contribution in [3.63, 3.8) is 0 Å². The maximum Gasteiger partial charge on any atom is 0.236 e. The molecule has 0 atom stereocenters. The van der Waals surface area contributed by atoms with Crippen molar-refractivity contribution >= 4 is 28.8 Å². The van der Waals surface area contributed by atoms with E-state index in [1.165, 1.54) is 0 Å². The van der Waals surface area contributed by atoms with E-state index in [2.05, 4.69) is 4.98 Å². The molecule has 1 rings (SSSR count). The number of amides is 1. The monoisotopic (exact) mass is 252 g/mol. The number of hydrogen-bond acceptors (Lipinski definition) is 4. The molecule has 0 saturated carbocycles. The summed E-state index contributed by atoms with van der Waals surface area (Å²) in [5.41, 5.74) is 12.1. The van der Waals surface area contributed by atoms with Crippen LogP contribution in [0, 0.1) is 0 Å². The van der Waals surface area contributed by atoms with Gasteiger partial charge >= 0.3 is 0 Å². The largest absolute Gasteiger partial charge is 0.388 e. The lowest BCUT2D eigenvalue weighted by atomic mass is 10.2. The van der Waals surface area contributed by atoms with Crippen LogP contribution in [0.1, 0.15) is 19.5 Å². The molecule has 0 aliphatic heterocycles. The molecule has 0 aliphatic carbocycles. The molecular formula is C11H16N4OS. The molecule has 0 spiro atoms. The topological polar surface area (TPSA) is 85.2 Å². The van der Waals surface area contributed by atoms with Crippen molar-refractivity contribution in [1.82, 2.24) is 4.98 Å². The van der Waals surface area contributed by atoms with Crippen molar-refractivity contribution in [3.8, 4) is 0 Å². The quantitative estimate of drug-likeness (QED) is 0.742. The molecule has 17 heavy (non-hydrogen) atoms. The smallest absolute Gasteiger partial charge is 0.236 e. The fourth-order valence-corrected chi connectivity index (χ4v) is 1.69. The Morgan fingerprint density at radius 1 is 1.53 bits per heavy atom. The first kappa shape index (κ1) is 13.4. The summed E-state index contributed by atoms with van der Waals surface area (Å²) in [4.78, 5) is 17.2. The lowest BCUT2D eigenvalue weighted by Crippen LogP contribution is -2.39. The minimum absolute atomic E-state index is 0.0970. The molecule has 1 heterocycles. The zero-order valence-corrected chi connectivity index (χ0v) is 10.7. The van der Waals surface area contributed by atoms with Gasteiger partial charge in [-0.25, -0.2) is 0 Å². The van der Waals surface area contributed by atoms with E-state index in [-0.39, 0.29) is 17.6 Å². The highest BCUT2D eigenvalue weighted by Gasteiger charge is 2.18. The Balaban J connectivity index is 3.18. The van der Waals surface area contributed by atoms with Gasteiger partial charge in [-0.3, -0.25) is 9.78 Å². The average molecular weight is 252 g/mol. The first-order chi connectivity index (χ1) is 7.93. The Labute approximate surface area is 106 Å². The fraction of sp³-hybridized carbons (Fsp3) is 0.364. The fourth-order valence-electron chi connectivity index (χ4n) is 1.53. The molecule has 1 aromatic rings. The molecule has 0 bridgehead atoms. The second-order valence-electron chi connectivity index (χ2n) is 3.92. The Morgan fingerprint density at radius 3 is 2.65 bits per heavy atom. The van der Waals surface area contributed by atoms with E-state index in [4.69, 9.17) is 23.7 Å². The number of anilines is 1. The SMILES string of the molecule is CC(C)N(CC(N)=O)c1cccnc1C(N)=S. The summed E-state index contributed by atoms with van der Waals surface area (Å²) in [6.07, 6.45) is 1.61. The van der Waals surface area contributed by atoms with Crippen LogP contribution in [0.25, 0.3) is 0 Å². The molecular weight excluding hydrogens is 236 g/mol. The standard InChI is InChI=1S/C11H16N4OS/c1-7(2)15(6-9(12)16)8-4-3-5-14-10(8)11(13)17/h3-5,7H,6H2,1-2H3,(H2,12,16)(H2,13,17). The zero-order valence-electron chi connectivity index (χ0n) is 9.88. The third kappa shape index (κ3) is 3.39. The molecule has 6 heteroatoms. The van der Waals surface area contributed by atoms with E-state index >= 15 is 0 Å². The summed E-state index contributed by atoms with van der Waals surface area (Å²) < 4.78 is 0. The van der Waals surface area contributed by atoms with Gasteiger partial charge < -0.3 is 16.4 Å². The van der Waals surface area contributed by atoms with E-state index in [9.17, 15) is 4.79 Å². The first-order valence-corrected chi connectivity index (χ1v) is 5.64. The van der Waals surface area contributed by atoms with Crippen molar-refractivity contribution in [2.45, 2.75) is 19.9 Å². The van der Waals surface area contributed by atoms with Crippen molar-refractivity contribution in [3.05, 3.63) is 24.0 Å². The minimum Gasteiger partial charge on any atom is -0.388 e. The number of rotatable bonds is 5. The van der Waals surface area contributed by atoms with Crippen molar-refractivity contribution in [2.75, 3.05) is 11.4 Å². The second kappa shape index (κ2) is 5.58. The highest BCUT2D eigenvalue weighted by atomic mass is 32.1. The molecule has 92 valence electrons. The number of thiocarbonyl (C=S) groups is 1. The van der Waals surface area contributed by atoms with Crippen LogP contribution in [-0.4, -0.2) is 28.5 Å². The molecule has 5 nitrogen and oxygen atoms in total. The van der Waals surface area contributed by atoms with E-state index in [0.717, 1.165) is 5.69 Å². The summed E-state index contributed by atoms with van der Waals surface area (Å²) in [7, 11) is 0. The third-order valence-electron chi connectivity index (χ3n) is 2.28. The van der Waals surface area contributed by atoms with Gasteiger partial charge in [0.1, 0.15) is 10.7 Å². The number of hydrogen-bond donors (Lipinski definition) is 2. The number of aromatic nitrogens is 1. The van der Waals surface area contributed by atoms with Gasteiger partial charge in [-0.05, 0) is 26.0 Å². The predicted octanol–water partition coefficient (Wildman–Crippen LogP) is 0.416. The van der Waals surface area contributed by atoms with E-state index in [1.807, 2.05) is 24.8 Å². The molecule has 1 aromatic heterocycles. The summed E-state index contributed by atoms with van der Waals surface area (Å²) in [5, 5.41) is 0. The van der Waals surface area contributed by atoms with E-state index in [1.54, 1.807) is 12.3 Å². The summed E-state index contributed by atoms with van der Waals surface area (Å²) in [5.74, 6) is -0.406. The van der Waals surface area contributed by atoms with Gasteiger partial charge in [0.2, 0.25) is 5.91 Å². The van der Waals surface area contributed by atoms with Crippen LogP contribution in [0.4, 0.5) is 5.69 Å². The van der Waals surface area contributed by atoms with E-state index in [0.29, 0.717) is 5.69 Å². The summed E-state index contributed by atoms with van der Waals surface area (Å²) in [6.45, 7) is 4.03. The molecule has 0 radical (unpaired) electrons. The Hall–Kier alpha value is -1.69. The maximum absolute atomic E-state index is 11.1. The van der Waals surface area contributed by atoms with Gasteiger partial charge in [0.05, 0.1) is 12.2 Å². The Morgan fingerprint density at radius 2 is 2.18 bits per heavy atom. The number of carbonyl (C=O) groups excluding carboxylic acids is 1. The van der Waals surface area contributed by atoms with Crippen molar-refractivity contribution in [1.29, 1.82) is 0 Å². The van der Waals surface area contributed by atoms with Crippen molar-refractivity contribution < 1.29 is 4.79 Å². The van der Waals surface area contributed by atoms with Gasteiger partial charge in [-0.2, -0.15) is 0 Å². The van der Waals surface area contributed by atoms with Crippen LogP contribution in [0.15, 0.2) is 18.3 Å². The van der Waals surface area contributed by atoms with Gasteiger partial charge in [0, 0.05) is 12.2 Å². The number of nitrogens with two attached hydrogens (primary N) is 2. The van der Waals surface area contributed by atoms with Gasteiger partial charge in [-0.15, -0.1) is 0 Å². The van der Waals surface area contributed by atoms with Crippen LogP contribution in [0.3, 0.4) is 0 Å². The average Bonchev–Trinajstić information content (AvgIpc) is 2.25. The number of nitrogens with zero attached hydrogens (tertiary/aromatic N) is 2. The summed E-state index contributed by atoms with van der Waals surface area (Å²) >= 11 is 4.94. The molecule has 0 fully saturated rings. The first-order valence-electron chi connectivity index (χ1n) is 5.23. The highest BCUT2D eigenvalue weighted by molar-refractivity contribution is 7.80. The zero-order chi connectivity index (χ0) is 13.0. The van der Waals surface area contributed by atoms with Gasteiger partial charge in [0.25, 0.3) is 0 Å². The molecule has 0 aliphatic rings. The normalized spacial score (nSPS) is 10.3. The van der Waals surface area contributed by atoms with Crippen LogP contribution < -0.4 is 16.4 Å².